The van der Waals surface area contributed by atoms with E-state index in [0.29, 0.717) is 56.6 Å². The Morgan fingerprint density at radius 3 is 2.53 bits per heavy atom. The van der Waals surface area contributed by atoms with Crippen LogP contribution in [0.3, 0.4) is 0 Å². The second-order valence-corrected chi connectivity index (χ2v) is 9.18. The molecule has 0 radical (unpaired) electrons. The minimum atomic E-state index is -0.116. The number of thioether (sulfide) groups is 1. The van der Waals surface area contributed by atoms with Crippen molar-refractivity contribution in [2.45, 2.75) is 17.5 Å². The van der Waals surface area contributed by atoms with Crippen LogP contribution in [0.1, 0.15) is 11.5 Å². The summed E-state index contributed by atoms with van der Waals surface area (Å²) in [5.74, 6) is 2.36. The summed E-state index contributed by atoms with van der Waals surface area (Å²) in [6.07, 6.45) is 0. The third-order valence-electron chi connectivity index (χ3n) is 5.52. The number of methoxy groups -OCH3 is 2. The number of hydrogen-bond acceptors (Lipinski definition) is 8. The topological polar surface area (TPSA) is 92.3 Å². The number of rotatable bonds is 8. The van der Waals surface area contributed by atoms with Crippen molar-refractivity contribution in [3.05, 3.63) is 93.6 Å². The number of para-hydroxylation sites is 1. The Morgan fingerprint density at radius 2 is 1.75 bits per heavy atom. The van der Waals surface area contributed by atoms with Crippen molar-refractivity contribution in [1.82, 2.24) is 19.7 Å². The fourth-order valence-electron chi connectivity index (χ4n) is 3.70. The van der Waals surface area contributed by atoms with Crippen LogP contribution in [0.4, 0.5) is 0 Å². The van der Waals surface area contributed by atoms with E-state index >= 15 is 0 Å². The third-order valence-corrected chi connectivity index (χ3v) is 6.73. The lowest BCUT2D eigenvalue weighted by Gasteiger charge is -2.13. The Kier molecular flexibility index (Phi) is 6.92. The monoisotopic (exact) mass is 520 g/mol. The van der Waals surface area contributed by atoms with Gasteiger partial charge >= 0.3 is 0 Å². The molecule has 10 heteroatoms. The van der Waals surface area contributed by atoms with E-state index in [1.807, 2.05) is 36.4 Å². The van der Waals surface area contributed by atoms with Crippen molar-refractivity contribution in [3.63, 3.8) is 0 Å². The van der Waals surface area contributed by atoms with Gasteiger partial charge in [0.15, 0.2) is 16.7 Å². The molecule has 0 fully saturated rings. The number of ether oxygens (including phenoxy) is 2. The van der Waals surface area contributed by atoms with Gasteiger partial charge in [0.25, 0.3) is 5.56 Å². The Balaban J connectivity index is 1.43. The first kappa shape index (κ1) is 23.9. The second-order valence-electron chi connectivity index (χ2n) is 7.80. The molecule has 0 aliphatic carbocycles. The summed E-state index contributed by atoms with van der Waals surface area (Å²) in [6.45, 7) is 0.358. The van der Waals surface area contributed by atoms with E-state index in [9.17, 15) is 4.79 Å². The van der Waals surface area contributed by atoms with Crippen LogP contribution >= 0.6 is 23.4 Å². The highest BCUT2D eigenvalue weighted by Crippen LogP contribution is 2.31. The van der Waals surface area contributed by atoms with Gasteiger partial charge in [-0.15, -0.1) is 0 Å². The molecule has 0 saturated heterocycles. The maximum absolute atomic E-state index is 13.3. The van der Waals surface area contributed by atoms with Crippen molar-refractivity contribution < 1.29 is 14.0 Å². The highest BCUT2D eigenvalue weighted by atomic mass is 35.5. The third kappa shape index (κ3) is 4.93. The van der Waals surface area contributed by atoms with Gasteiger partial charge in [-0.1, -0.05) is 52.8 Å². The molecule has 0 atom stereocenters. The number of hydrogen-bond donors (Lipinski definition) is 0. The summed E-state index contributed by atoms with van der Waals surface area (Å²) < 4.78 is 17.8. The fraction of sp³-hybridized carbons (Fsp3) is 0.154. The lowest BCUT2D eigenvalue weighted by Crippen LogP contribution is -2.24. The van der Waals surface area contributed by atoms with E-state index in [1.54, 1.807) is 49.1 Å². The van der Waals surface area contributed by atoms with Gasteiger partial charge in [-0.05, 0) is 48.0 Å². The first-order valence-corrected chi connectivity index (χ1v) is 12.3. The Bertz CT molecular complexity index is 1580. The molecular weight excluding hydrogens is 500 g/mol. The molecule has 2 aromatic heterocycles. The molecule has 36 heavy (non-hydrogen) atoms. The van der Waals surface area contributed by atoms with Gasteiger partial charge in [-0.25, -0.2) is 4.98 Å². The number of nitrogens with zero attached hydrogens (tertiary/aromatic N) is 4. The van der Waals surface area contributed by atoms with E-state index in [-0.39, 0.29) is 5.56 Å². The molecule has 0 bridgehead atoms. The van der Waals surface area contributed by atoms with Crippen molar-refractivity contribution in [3.8, 4) is 22.9 Å². The maximum atomic E-state index is 13.3. The fourth-order valence-corrected chi connectivity index (χ4v) is 4.66. The van der Waals surface area contributed by atoms with Gasteiger partial charge in [0.2, 0.25) is 11.7 Å². The van der Waals surface area contributed by atoms with Crippen LogP contribution in [0.2, 0.25) is 5.02 Å². The van der Waals surface area contributed by atoms with Gasteiger partial charge in [0.1, 0.15) is 0 Å². The number of aromatic nitrogens is 4. The van der Waals surface area contributed by atoms with E-state index in [2.05, 4.69) is 10.1 Å². The molecule has 0 saturated carbocycles. The average Bonchev–Trinajstić information content (AvgIpc) is 3.39. The number of fused-ring (bicyclic) bond motifs is 1. The van der Waals surface area contributed by atoms with Crippen LogP contribution < -0.4 is 15.0 Å². The largest absolute Gasteiger partial charge is 0.493 e. The van der Waals surface area contributed by atoms with Crippen LogP contribution in [0.25, 0.3) is 22.3 Å². The summed E-state index contributed by atoms with van der Waals surface area (Å²) in [7, 11) is 3.15. The van der Waals surface area contributed by atoms with Crippen LogP contribution in [0.5, 0.6) is 11.5 Å². The lowest BCUT2D eigenvalue weighted by molar-refractivity contribution is 0.355. The summed E-state index contributed by atoms with van der Waals surface area (Å²) in [5.41, 5.74) is 2.19. The molecule has 0 unspecified atom stereocenters. The van der Waals surface area contributed by atoms with Crippen molar-refractivity contribution in [2.75, 3.05) is 14.2 Å². The van der Waals surface area contributed by atoms with Crippen molar-refractivity contribution in [2.24, 2.45) is 0 Å². The summed E-state index contributed by atoms with van der Waals surface area (Å²) in [4.78, 5) is 22.6. The molecule has 0 amide bonds. The quantitative estimate of drug-likeness (QED) is 0.197. The zero-order valence-electron chi connectivity index (χ0n) is 19.5. The summed E-state index contributed by atoms with van der Waals surface area (Å²) in [6, 6.07) is 20.1. The molecular formula is C26H21ClN4O4S. The lowest BCUT2D eigenvalue weighted by atomic mass is 10.2. The SMILES string of the molecule is COc1ccc(-c2noc(CSc3nc4ccccc4c(=O)n3Cc3ccc(Cl)cc3)n2)cc1OC. The zero-order valence-corrected chi connectivity index (χ0v) is 21.0. The van der Waals surface area contributed by atoms with Crippen LogP contribution in [0.15, 0.2) is 81.2 Å². The Morgan fingerprint density at radius 1 is 0.972 bits per heavy atom. The van der Waals surface area contributed by atoms with Gasteiger partial charge in [-0.2, -0.15) is 4.98 Å². The Labute approximate surface area is 215 Å². The molecule has 182 valence electrons. The van der Waals surface area contributed by atoms with Crippen molar-refractivity contribution in [1.29, 1.82) is 0 Å². The predicted molar refractivity (Wildman–Crippen MR) is 139 cm³/mol. The summed E-state index contributed by atoms with van der Waals surface area (Å²) in [5, 5.41) is 5.85. The molecule has 0 aliphatic rings. The van der Waals surface area contributed by atoms with E-state index in [1.165, 1.54) is 11.8 Å². The first-order chi connectivity index (χ1) is 17.6. The highest BCUT2D eigenvalue weighted by Gasteiger charge is 2.16. The van der Waals surface area contributed by atoms with Gasteiger partial charge in [0, 0.05) is 10.6 Å². The molecule has 5 aromatic rings. The summed E-state index contributed by atoms with van der Waals surface area (Å²) >= 11 is 7.39. The normalized spacial score (nSPS) is 11.1. The minimum Gasteiger partial charge on any atom is -0.493 e. The van der Waals surface area contributed by atoms with Crippen LogP contribution in [-0.4, -0.2) is 33.9 Å². The Hall–Kier alpha value is -3.82. The molecule has 0 spiro atoms. The minimum absolute atomic E-state index is 0.116. The highest BCUT2D eigenvalue weighted by molar-refractivity contribution is 7.98. The van der Waals surface area contributed by atoms with Crippen LogP contribution in [0, 0.1) is 0 Å². The van der Waals surface area contributed by atoms with Crippen molar-refractivity contribution >= 4 is 34.3 Å². The van der Waals surface area contributed by atoms with E-state index in [4.69, 9.17) is 30.6 Å². The molecule has 0 aliphatic heterocycles. The van der Waals surface area contributed by atoms with Gasteiger partial charge in [-0.3, -0.25) is 9.36 Å². The van der Waals surface area contributed by atoms with Gasteiger partial charge in [0.05, 0.1) is 37.4 Å². The zero-order chi connectivity index (χ0) is 25.1. The molecule has 2 heterocycles. The van der Waals surface area contributed by atoms with E-state index < -0.39 is 0 Å². The number of halogens is 1. The molecule has 5 rings (SSSR count). The first-order valence-electron chi connectivity index (χ1n) is 11.0. The van der Waals surface area contributed by atoms with Crippen LogP contribution in [-0.2, 0) is 12.3 Å². The molecule has 3 aromatic carbocycles. The average molecular weight is 521 g/mol. The smallest absolute Gasteiger partial charge is 0.262 e. The van der Waals surface area contributed by atoms with Gasteiger partial charge < -0.3 is 14.0 Å². The predicted octanol–water partition coefficient (Wildman–Crippen LogP) is 5.46. The number of benzene rings is 3. The van der Waals surface area contributed by atoms with E-state index in [0.717, 1.165) is 11.1 Å². The molecule has 0 N–H and O–H groups in total. The molecule has 8 nitrogen and oxygen atoms in total. The maximum Gasteiger partial charge on any atom is 0.262 e. The second kappa shape index (κ2) is 10.4. The standard InChI is InChI=1S/C26H21ClN4O4S/c1-33-21-12-9-17(13-22(21)34-2)24-29-23(35-30-24)15-36-26-28-20-6-4-3-5-19(20)25(32)31(26)14-16-7-10-18(27)11-8-16/h3-13H,14-15H2,1-2H3.